The van der Waals surface area contributed by atoms with Crippen LogP contribution in [0, 0.1) is 0 Å². The summed E-state index contributed by atoms with van der Waals surface area (Å²) < 4.78 is 1.88. The molecule has 2 aromatic heterocycles. The molecule has 17 heavy (non-hydrogen) atoms. The molecule has 1 fully saturated rings. The first kappa shape index (κ1) is 10.7. The van der Waals surface area contributed by atoms with Crippen molar-refractivity contribution in [3.05, 3.63) is 23.9 Å². The van der Waals surface area contributed by atoms with Crippen LogP contribution in [-0.4, -0.2) is 25.2 Å². The van der Waals surface area contributed by atoms with Gasteiger partial charge in [-0.25, -0.2) is 9.67 Å². The molecule has 7 heteroatoms. The molecule has 0 amide bonds. The summed E-state index contributed by atoms with van der Waals surface area (Å²) in [6, 6.07) is 4.36. The molecule has 0 aliphatic heterocycles. The monoisotopic (exact) mass is 248 g/mol. The van der Waals surface area contributed by atoms with E-state index in [2.05, 4.69) is 20.5 Å². The van der Waals surface area contributed by atoms with Gasteiger partial charge in [0.25, 0.3) is 0 Å². The predicted octanol–water partition coefficient (Wildman–Crippen LogP) is 1.01. The van der Waals surface area contributed by atoms with E-state index >= 15 is 0 Å². The number of aromatic nitrogens is 5. The van der Waals surface area contributed by atoms with E-state index in [4.69, 9.17) is 5.73 Å². The lowest BCUT2D eigenvalue weighted by atomic mass is 10.3. The molecule has 0 spiro atoms. The second-order valence-corrected chi connectivity index (χ2v) is 4.93. The van der Waals surface area contributed by atoms with Crippen LogP contribution in [-0.2, 0) is 6.54 Å². The summed E-state index contributed by atoms with van der Waals surface area (Å²) in [4.78, 5) is 4.28. The highest BCUT2D eigenvalue weighted by Crippen LogP contribution is 2.37. The zero-order chi connectivity index (χ0) is 11.7. The molecular formula is C10H12N6S. The molecule has 0 aromatic carbocycles. The fourth-order valence-electron chi connectivity index (χ4n) is 1.53. The van der Waals surface area contributed by atoms with E-state index in [-0.39, 0.29) is 0 Å². The van der Waals surface area contributed by atoms with Gasteiger partial charge in [-0.15, -0.1) is 5.10 Å². The van der Waals surface area contributed by atoms with Crippen LogP contribution in [0.15, 0.2) is 28.5 Å². The van der Waals surface area contributed by atoms with Gasteiger partial charge in [-0.2, -0.15) is 0 Å². The highest BCUT2D eigenvalue weighted by molar-refractivity contribution is 7.99. The first-order valence-electron chi connectivity index (χ1n) is 5.47. The van der Waals surface area contributed by atoms with Crippen molar-refractivity contribution in [3.8, 4) is 0 Å². The number of pyridine rings is 1. The van der Waals surface area contributed by atoms with Crippen LogP contribution in [0.25, 0.3) is 0 Å². The molecule has 3 rings (SSSR count). The van der Waals surface area contributed by atoms with E-state index < -0.39 is 0 Å². The molecule has 0 bridgehead atoms. The lowest BCUT2D eigenvalue weighted by Crippen LogP contribution is -1.99. The highest BCUT2D eigenvalue weighted by atomic mass is 32.2. The summed E-state index contributed by atoms with van der Waals surface area (Å²) in [5, 5.41) is 13.4. The van der Waals surface area contributed by atoms with Crippen molar-refractivity contribution in [2.45, 2.75) is 35.6 Å². The lowest BCUT2D eigenvalue weighted by Gasteiger charge is -2.02. The molecule has 1 aliphatic rings. The standard InChI is InChI=1S/C10H12N6S/c11-6-7-3-4-12-9(5-7)17-10-13-14-15-16(10)8-1-2-8/h3-5,8H,1-2,6,11H2. The Bertz CT molecular complexity index is 521. The Morgan fingerprint density at radius 2 is 2.35 bits per heavy atom. The average Bonchev–Trinajstić information content (AvgIpc) is 3.11. The van der Waals surface area contributed by atoms with E-state index in [0.717, 1.165) is 28.6 Å². The maximum Gasteiger partial charge on any atom is 0.215 e. The normalized spacial score (nSPS) is 15.1. The molecule has 6 nitrogen and oxygen atoms in total. The largest absolute Gasteiger partial charge is 0.326 e. The zero-order valence-corrected chi connectivity index (χ0v) is 9.97. The molecule has 0 radical (unpaired) electrons. The summed E-state index contributed by atoms with van der Waals surface area (Å²) in [5.74, 6) is 0. The third kappa shape index (κ3) is 2.29. The van der Waals surface area contributed by atoms with Crippen molar-refractivity contribution >= 4 is 11.8 Å². The smallest absolute Gasteiger partial charge is 0.215 e. The van der Waals surface area contributed by atoms with Crippen molar-refractivity contribution in [1.82, 2.24) is 25.2 Å². The lowest BCUT2D eigenvalue weighted by molar-refractivity contribution is 0.565. The Hall–Kier alpha value is -1.47. The van der Waals surface area contributed by atoms with Gasteiger partial charge in [0.15, 0.2) is 0 Å². The van der Waals surface area contributed by atoms with Crippen molar-refractivity contribution in [2.75, 3.05) is 0 Å². The van der Waals surface area contributed by atoms with Crippen LogP contribution >= 0.6 is 11.8 Å². The Labute approximate surface area is 103 Å². The van der Waals surface area contributed by atoms with Gasteiger partial charge in [-0.1, -0.05) is 0 Å². The summed E-state index contributed by atoms with van der Waals surface area (Å²) in [6.07, 6.45) is 4.08. The molecule has 0 atom stereocenters. The van der Waals surface area contributed by atoms with E-state index in [1.165, 1.54) is 11.8 Å². The molecule has 2 heterocycles. The van der Waals surface area contributed by atoms with Crippen molar-refractivity contribution in [2.24, 2.45) is 5.73 Å². The first-order chi connectivity index (χ1) is 8.36. The molecule has 0 unspecified atom stereocenters. The topological polar surface area (TPSA) is 82.5 Å². The van der Waals surface area contributed by atoms with Crippen LogP contribution < -0.4 is 5.73 Å². The second-order valence-electron chi connectivity index (χ2n) is 3.95. The SMILES string of the molecule is NCc1ccnc(Sc2nnnn2C2CC2)c1. The van der Waals surface area contributed by atoms with Gasteiger partial charge < -0.3 is 5.73 Å². The Balaban J connectivity index is 1.83. The number of hydrogen-bond donors (Lipinski definition) is 1. The fraction of sp³-hybridized carbons (Fsp3) is 0.400. The van der Waals surface area contributed by atoms with E-state index in [1.807, 2.05) is 16.8 Å². The molecule has 1 aliphatic carbocycles. The third-order valence-electron chi connectivity index (χ3n) is 2.59. The molecule has 2 N–H and O–H groups in total. The van der Waals surface area contributed by atoms with Crippen LogP contribution in [0.4, 0.5) is 0 Å². The van der Waals surface area contributed by atoms with E-state index in [0.29, 0.717) is 12.6 Å². The zero-order valence-electron chi connectivity index (χ0n) is 9.15. The summed E-state index contributed by atoms with van der Waals surface area (Å²) >= 11 is 1.48. The molecule has 2 aromatic rings. The minimum Gasteiger partial charge on any atom is -0.326 e. The second kappa shape index (κ2) is 4.42. The minimum absolute atomic E-state index is 0.477. The van der Waals surface area contributed by atoms with Gasteiger partial charge in [0.05, 0.1) is 6.04 Å². The van der Waals surface area contributed by atoms with Crippen LogP contribution in [0.2, 0.25) is 0 Å². The number of nitrogens with two attached hydrogens (primary N) is 1. The Morgan fingerprint density at radius 3 is 3.12 bits per heavy atom. The predicted molar refractivity (Wildman–Crippen MR) is 62.3 cm³/mol. The van der Waals surface area contributed by atoms with Gasteiger partial charge in [0, 0.05) is 12.7 Å². The molecular weight excluding hydrogens is 236 g/mol. The van der Waals surface area contributed by atoms with Gasteiger partial charge in [0.2, 0.25) is 5.16 Å². The fourth-order valence-corrected chi connectivity index (χ4v) is 2.40. The van der Waals surface area contributed by atoms with E-state index in [1.54, 1.807) is 6.20 Å². The van der Waals surface area contributed by atoms with Crippen molar-refractivity contribution in [1.29, 1.82) is 0 Å². The summed E-state index contributed by atoms with van der Waals surface area (Å²) in [7, 11) is 0. The van der Waals surface area contributed by atoms with Crippen LogP contribution in [0.3, 0.4) is 0 Å². The Kier molecular flexibility index (Phi) is 2.77. The summed E-state index contributed by atoms with van der Waals surface area (Å²) in [5.41, 5.74) is 6.66. The Morgan fingerprint density at radius 1 is 1.47 bits per heavy atom. The van der Waals surface area contributed by atoms with Crippen LogP contribution in [0.1, 0.15) is 24.4 Å². The molecule has 1 saturated carbocycles. The molecule has 88 valence electrons. The van der Waals surface area contributed by atoms with Gasteiger partial charge in [-0.3, -0.25) is 0 Å². The van der Waals surface area contributed by atoms with Crippen molar-refractivity contribution < 1.29 is 0 Å². The van der Waals surface area contributed by atoms with Gasteiger partial charge >= 0.3 is 0 Å². The number of tetrazole rings is 1. The maximum absolute atomic E-state index is 5.60. The quantitative estimate of drug-likeness (QED) is 0.869. The average molecular weight is 248 g/mol. The van der Waals surface area contributed by atoms with Gasteiger partial charge in [-0.05, 0) is 52.7 Å². The maximum atomic E-state index is 5.60. The van der Waals surface area contributed by atoms with Gasteiger partial charge in [0.1, 0.15) is 5.03 Å². The molecule has 0 saturated heterocycles. The van der Waals surface area contributed by atoms with E-state index in [9.17, 15) is 0 Å². The first-order valence-corrected chi connectivity index (χ1v) is 6.29. The summed E-state index contributed by atoms with van der Waals surface area (Å²) in [6.45, 7) is 0.518. The number of hydrogen-bond acceptors (Lipinski definition) is 6. The van der Waals surface area contributed by atoms with Crippen LogP contribution in [0.5, 0.6) is 0 Å². The third-order valence-corrected chi connectivity index (χ3v) is 3.47. The van der Waals surface area contributed by atoms with Crippen molar-refractivity contribution in [3.63, 3.8) is 0 Å². The number of nitrogens with zero attached hydrogens (tertiary/aromatic N) is 5. The number of rotatable bonds is 4. The minimum atomic E-state index is 0.477. The highest BCUT2D eigenvalue weighted by Gasteiger charge is 2.28.